The van der Waals surface area contributed by atoms with Gasteiger partial charge in [0, 0.05) is 31.3 Å². The minimum absolute atomic E-state index is 0.0342. The summed E-state index contributed by atoms with van der Waals surface area (Å²) in [6, 6.07) is 8.22. The molecule has 28 heavy (non-hydrogen) atoms. The molecular weight excluding hydrogens is 375 g/mol. The number of halogens is 3. The molecule has 3 heterocycles. The number of rotatable bonds is 3. The first-order valence-corrected chi connectivity index (χ1v) is 8.75. The second kappa shape index (κ2) is 6.77. The van der Waals surface area contributed by atoms with Crippen LogP contribution in [-0.2, 0) is 6.18 Å². The van der Waals surface area contributed by atoms with Gasteiger partial charge in [0.15, 0.2) is 5.65 Å². The number of fused-ring (bicyclic) bond motifs is 1. The van der Waals surface area contributed by atoms with Crippen molar-refractivity contribution < 1.29 is 18.1 Å². The zero-order chi connectivity index (χ0) is 19.9. The van der Waals surface area contributed by atoms with Crippen molar-refractivity contribution in [3.8, 4) is 0 Å². The topological polar surface area (TPSA) is 76.6 Å². The molecule has 1 unspecified atom stereocenters. The molecule has 2 aromatic heterocycles. The fourth-order valence-corrected chi connectivity index (χ4v) is 3.66. The molecule has 10 heteroatoms. The second-order valence-corrected chi connectivity index (χ2v) is 6.73. The fraction of sp³-hybridized carbons (Fsp3) is 0.333. The Bertz CT molecular complexity index is 1030. The third-order valence-corrected chi connectivity index (χ3v) is 4.97. The Kier molecular flexibility index (Phi) is 4.40. The number of pyridine rings is 1. The number of aromatic nitrogens is 3. The van der Waals surface area contributed by atoms with Crippen LogP contribution in [0, 0.1) is 10.1 Å². The van der Waals surface area contributed by atoms with E-state index in [-0.39, 0.29) is 11.6 Å². The Morgan fingerprint density at radius 2 is 2.00 bits per heavy atom. The van der Waals surface area contributed by atoms with E-state index in [1.165, 1.54) is 6.07 Å². The molecule has 0 N–H and O–H groups in total. The number of anilines is 1. The molecule has 1 saturated heterocycles. The molecule has 1 aliphatic heterocycles. The number of nitro benzene ring substituents is 1. The standard InChI is InChI=1S/C18H16F3N5O2/c19-18(20,21)13-6-7-14(15(10-13)26(27)28)24-8-3-4-12(11-24)17-23-22-16-5-1-2-9-25(16)17/h1-2,5-7,9-10,12H,3-4,8,11H2. The smallest absolute Gasteiger partial charge is 0.365 e. The van der Waals surface area contributed by atoms with E-state index in [2.05, 4.69) is 10.2 Å². The summed E-state index contributed by atoms with van der Waals surface area (Å²) >= 11 is 0. The summed E-state index contributed by atoms with van der Waals surface area (Å²) in [6.07, 6.45) is -1.22. The van der Waals surface area contributed by atoms with Crippen LogP contribution in [0.1, 0.15) is 30.1 Å². The summed E-state index contributed by atoms with van der Waals surface area (Å²) in [7, 11) is 0. The molecule has 0 bridgehead atoms. The molecule has 1 fully saturated rings. The predicted octanol–water partition coefficient (Wildman–Crippen LogP) is 4.04. The molecule has 0 amide bonds. The van der Waals surface area contributed by atoms with Crippen LogP contribution in [0.25, 0.3) is 5.65 Å². The van der Waals surface area contributed by atoms with Crippen LogP contribution < -0.4 is 4.90 Å². The molecular formula is C18H16F3N5O2. The zero-order valence-electron chi connectivity index (χ0n) is 14.6. The van der Waals surface area contributed by atoms with Gasteiger partial charge in [0.05, 0.1) is 10.5 Å². The van der Waals surface area contributed by atoms with Gasteiger partial charge in [-0.2, -0.15) is 13.2 Å². The number of nitro groups is 1. The van der Waals surface area contributed by atoms with E-state index in [0.29, 0.717) is 24.8 Å². The Morgan fingerprint density at radius 3 is 2.75 bits per heavy atom. The molecule has 3 aromatic rings. The van der Waals surface area contributed by atoms with Crippen molar-refractivity contribution in [1.82, 2.24) is 14.6 Å². The lowest BCUT2D eigenvalue weighted by Gasteiger charge is -2.33. The first kappa shape index (κ1) is 18.2. The van der Waals surface area contributed by atoms with Gasteiger partial charge in [-0.25, -0.2) is 0 Å². The normalized spacial score (nSPS) is 17.8. The van der Waals surface area contributed by atoms with Crippen molar-refractivity contribution in [3.63, 3.8) is 0 Å². The molecule has 1 aliphatic rings. The SMILES string of the molecule is O=[N+]([O-])c1cc(C(F)(F)F)ccc1N1CCCC(c2nnc3ccccn23)C1. The Hall–Kier alpha value is -3.17. The van der Waals surface area contributed by atoms with Crippen LogP contribution in [-0.4, -0.2) is 32.6 Å². The molecule has 4 rings (SSSR count). The minimum Gasteiger partial charge on any atom is -0.365 e. The van der Waals surface area contributed by atoms with Gasteiger partial charge in [-0.1, -0.05) is 6.07 Å². The van der Waals surface area contributed by atoms with Gasteiger partial charge in [0.1, 0.15) is 11.5 Å². The summed E-state index contributed by atoms with van der Waals surface area (Å²) in [5.41, 5.74) is -0.673. The van der Waals surface area contributed by atoms with Crippen molar-refractivity contribution in [2.24, 2.45) is 0 Å². The first-order valence-electron chi connectivity index (χ1n) is 8.75. The van der Waals surface area contributed by atoms with Crippen molar-refractivity contribution in [3.05, 3.63) is 64.1 Å². The number of alkyl halides is 3. The second-order valence-electron chi connectivity index (χ2n) is 6.73. The maximum Gasteiger partial charge on any atom is 0.416 e. The third-order valence-electron chi connectivity index (χ3n) is 4.97. The van der Waals surface area contributed by atoms with E-state index in [9.17, 15) is 23.3 Å². The van der Waals surface area contributed by atoms with Crippen molar-refractivity contribution >= 4 is 17.0 Å². The first-order chi connectivity index (χ1) is 13.3. The maximum atomic E-state index is 12.9. The monoisotopic (exact) mass is 391 g/mol. The summed E-state index contributed by atoms with van der Waals surface area (Å²) in [4.78, 5) is 12.4. The summed E-state index contributed by atoms with van der Waals surface area (Å²) in [5.74, 6) is 0.711. The van der Waals surface area contributed by atoms with E-state index in [1.807, 2.05) is 28.8 Å². The lowest BCUT2D eigenvalue weighted by atomic mass is 9.96. The van der Waals surface area contributed by atoms with Gasteiger partial charge in [-0.3, -0.25) is 14.5 Å². The number of hydrogen-bond donors (Lipinski definition) is 0. The fourth-order valence-electron chi connectivity index (χ4n) is 3.66. The van der Waals surface area contributed by atoms with E-state index in [4.69, 9.17) is 0 Å². The van der Waals surface area contributed by atoms with Crippen LogP contribution in [0.15, 0.2) is 42.6 Å². The van der Waals surface area contributed by atoms with Gasteiger partial charge in [0.25, 0.3) is 5.69 Å². The maximum absolute atomic E-state index is 12.9. The Labute approximate surface area is 157 Å². The van der Waals surface area contributed by atoms with Crippen LogP contribution in [0.5, 0.6) is 0 Å². The molecule has 1 atom stereocenters. The lowest BCUT2D eigenvalue weighted by molar-refractivity contribution is -0.384. The van der Waals surface area contributed by atoms with Gasteiger partial charge < -0.3 is 4.90 Å². The number of benzene rings is 1. The largest absolute Gasteiger partial charge is 0.416 e. The van der Waals surface area contributed by atoms with Crippen molar-refractivity contribution in [2.45, 2.75) is 24.9 Å². The van der Waals surface area contributed by atoms with E-state index >= 15 is 0 Å². The highest BCUT2D eigenvalue weighted by Crippen LogP contribution is 2.38. The van der Waals surface area contributed by atoms with Crippen molar-refractivity contribution in [2.75, 3.05) is 18.0 Å². The van der Waals surface area contributed by atoms with Crippen LogP contribution >= 0.6 is 0 Å². The summed E-state index contributed by atoms with van der Waals surface area (Å²) in [5, 5.41) is 19.8. The molecule has 0 aliphatic carbocycles. The minimum atomic E-state index is -4.63. The quantitative estimate of drug-likeness (QED) is 0.498. The zero-order valence-corrected chi connectivity index (χ0v) is 14.6. The molecule has 1 aromatic carbocycles. The van der Waals surface area contributed by atoms with Gasteiger partial charge in [0.2, 0.25) is 0 Å². The van der Waals surface area contributed by atoms with E-state index in [0.717, 1.165) is 24.7 Å². The predicted molar refractivity (Wildman–Crippen MR) is 95.3 cm³/mol. The Balaban J connectivity index is 1.67. The molecule has 146 valence electrons. The number of nitrogens with zero attached hydrogens (tertiary/aromatic N) is 5. The summed E-state index contributed by atoms with van der Waals surface area (Å²) in [6.45, 7) is 0.946. The van der Waals surface area contributed by atoms with Gasteiger partial charge in [-0.15, -0.1) is 10.2 Å². The molecule has 0 radical (unpaired) electrons. The third kappa shape index (κ3) is 3.25. The van der Waals surface area contributed by atoms with Crippen LogP contribution in [0.2, 0.25) is 0 Å². The van der Waals surface area contributed by atoms with Crippen molar-refractivity contribution in [1.29, 1.82) is 0 Å². The molecule has 7 nitrogen and oxygen atoms in total. The lowest BCUT2D eigenvalue weighted by Crippen LogP contribution is -2.35. The van der Waals surface area contributed by atoms with E-state index in [1.54, 1.807) is 4.90 Å². The molecule has 0 saturated carbocycles. The van der Waals surface area contributed by atoms with Gasteiger partial charge in [-0.05, 0) is 37.1 Å². The van der Waals surface area contributed by atoms with E-state index < -0.39 is 22.4 Å². The Morgan fingerprint density at radius 1 is 1.18 bits per heavy atom. The molecule has 0 spiro atoms. The van der Waals surface area contributed by atoms with Crippen LogP contribution in [0.4, 0.5) is 24.5 Å². The summed E-state index contributed by atoms with van der Waals surface area (Å²) < 4.78 is 40.7. The highest BCUT2D eigenvalue weighted by Gasteiger charge is 2.35. The number of hydrogen-bond acceptors (Lipinski definition) is 5. The number of piperidine rings is 1. The average molecular weight is 391 g/mol. The van der Waals surface area contributed by atoms with Gasteiger partial charge >= 0.3 is 6.18 Å². The average Bonchev–Trinajstić information content (AvgIpc) is 3.11. The highest BCUT2D eigenvalue weighted by atomic mass is 19.4. The van der Waals surface area contributed by atoms with Crippen LogP contribution in [0.3, 0.4) is 0 Å². The highest BCUT2D eigenvalue weighted by molar-refractivity contribution is 5.65.